The summed E-state index contributed by atoms with van der Waals surface area (Å²) < 4.78 is 4.93. The zero-order valence-electron chi connectivity index (χ0n) is 16.7. The summed E-state index contributed by atoms with van der Waals surface area (Å²) in [6.07, 6.45) is 2.72. The Morgan fingerprint density at radius 1 is 1.30 bits per heavy atom. The molecule has 0 saturated heterocycles. The Hall–Kier alpha value is -3.13. The smallest absolute Gasteiger partial charge is 0.338 e. The first kappa shape index (κ1) is 20.2. The molecule has 30 heavy (non-hydrogen) atoms. The van der Waals surface area contributed by atoms with Gasteiger partial charge in [0.25, 0.3) is 11.5 Å². The van der Waals surface area contributed by atoms with Crippen molar-refractivity contribution in [3.63, 3.8) is 0 Å². The van der Waals surface area contributed by atoms with Gasteiger partial charge in [-0.2, -0.15) is 0 Å². The summed E-state index contributed by atoms with van der Waals surface area (Å²) in [4.78, 5) is 41.6. The number of carbonyl (C=O) groups excluding carboxylic acids is 2. The maximum atomic E-state index is 12.8. The van der Waals surface area contributed by atoms with Crippen molar-refractivity contribution < 1.29 is 19.4 Å². The van der Waals surface area contributed by atoms with Gasteiger partial charge in [-0.15, -0.1) is 11.3 Å². The number of hydrogen-bond donors (Lipinski definition) is 3. The van der Waals surface area contributed by atoms with Crippen LogP contribution in [0.4, 0.5) is 5.69 Å². The van der Waals surface area contributed by atoms with E-state index in [1.54, 1.807) is 19.1 Å². The van der Waals surface area contributed by atoms with E-state index in [2.05, 4.69) is 17.2 Å². The highest BCUT2D eigenvalue weighted by atomic mass is 32.1. The lowest BCUT2D eigenvalue weighted by Gasteiger charge is -2.18. The van der Waals surface area contributed by atoms with E-state index in [1.807, 2.05) is 0 Å². The molecule has 0 spiro atoms. The van der Waals surface area contributed by atoms with Gasteiger partial charge in [-0.1, -0.05) is 6.92 Å². The third-order valence-corrected chi connectivity index (χ3v) is 6.49. The van der Waals surface area contributed by atoms with E-state index in [0.717, 1.165) is 29.7 Å². The van der Waals surface area contributed by atoms with Gasteiger partial charge in [0.15, 0.2) is 0 Å². The summed E-state index contributed by atoms with van der Waals surface area (Å²) in [5, 5.41) is 14.0. The second-order valence-electron chi connectivity index (χ2n) is 7.49. The molecule has 3 aromatic rings. The van der Waals surface area contributed by atoms with Crippen molar-refractivity contribution in [2.24, 2.45) is 5.92 Å². The average molecular weight is 426 g/mol. The Balaban J connectivity index is 1.65. The fourth-order valence-electron chi connectivity index (χ4n) is 3.80. The van der Waals surface area contributed by atoms with Crippen LogP contribution in [0.15, 0.2) is 29.1 Å². The first-order chi connectivity index (χ1) is 14.4. The molecule has 1 aliphatic carbocycles. The number of nitrogens with one attached hydrogen (secondary N) is 2. The topological polar surface area (TPSA) is 108 Å². The molecule has 1 atom stereocenters. The van der Waals surface area contributed by atoms with Gasteiger partial charge in [0.2, 0.25) is 0 Å². The molecule has 0 fully saturated rings. The average Bonchev–Trinajstić information content (AvgIpc) is 3.05. The van der Waals surface area contributed by atoms with Gasteiger partial charge in [-0.05, 0) is 61.9 Å². The van der Waals surface area contributed by atoms with Gasteiger partial charge in [0.1, 0.15) is 16.1 Å². The minimum Gasteiger partial charge on any atom is -0.506 e. The number of aromatic nitrogens is 1. The second kappa shape index (κ2) is 7.95. The Morgan fingerprint density at radius 2 is 2.03 bits per heavy atom. The predicted molar refractivity (Wildman–Crippen MR) is 116 cm³/mol. The van der Waals surface area contributed by atoms with E-state index in [1.165, 1.54) is 23.5 Å². The Kier molecular flexibility index (Phi) is 5.34. The van der Waals surface area contributed by atoms with Crippen molar-refractivity contribution in [2.45, 2.75) is 33.1 Å². The van der Waals surface area contributed by atoms with Crippen LogP contribution in [0.1, 0.15) is 51.4 Å². The van der Waals surface area contributed by atoms with Crippen LogP contribution in [0.25, 0.3) is 10.2 Å². The van der Waals surface area contributed by atoms with Crippen LogP contribution in [0.3, 0.4) is 0 Å². The molecule has 1 amide bonds. The maximum absolute atomic E-state index is 12.8. The van der Waals surface area contributed by atoms with E-state index < -0.39 is 17.4 Å². The van der Waals surface area contributed by atoms with E-state index in [9.17, 15) is 19.5 Å². The monoisotopic (exact) mass is 426 g/mol. The van der Waals surface area contributed by atoms with E-state index in [0.29, 0.717) is 27.4 Å². The zero-order valence-corrected chi connectivity index (χ0v) is 17.5. The van der Waals surface area contributed by atoms with Gasteiger partial charge >= 0.3 is 5.97 Å². The number of aromatic amines is 1. The molecule has 1 aromatic carbocycles. The number of benzene rings is 1. The van der Waals surface area contributed by atoms with Crippen LogP contribution in [0.5, 0.6) is 5.75 Å². The molecular weight excluding hydrogens is 404 g/mol. The Labute approximate surface area is 176 Å². The van der Waals surface area contributed by atoms with Crippen LogP contribution in [0.2, 0.25) is 0 Å². The summed E-state index contributed by atoms with van der Waals surface area (Å²) in [5.74, 6) is -0.878. The Morgan fingerprint density at radius 3 is 2.73 bits per heavy atom. The lowest BCUT2D eigenvalue weighted by molar-refractivity contribution is 0.0526. The lowest BCUT2D eigenvalue weighted by atomic mass is 9.89. The summed E-state index contributed by atoms with van der Waals surface area (Å²) in [6, 6.07) is 6.14. The minimum absolute atomic E-state index is 0.271. The van der Waals surface area contributed by atoms with Crippen LogP contribution < -0.4 is 10.9 Å². The number of pyridine rings is 1. The van der Waals surface area contributed by atoms with Crippen LogP contribution >= 0.6 is 11.3 Å². The SMILES string of the molecule is CCOC(=O)c1ccc(NC(=O)c2c(O)c3c4c(sc3[nH]c2=O)C[C@H](C)CC4)cc1. The van der Waals surface area contributed by atoms with Crippen LogP contribution in [0, 0.1) is 5.92 Å². The molecule has 156 valence electrons. The van der Waals surface area contributed by atoms with Gasteiger partial charge in [-0.25, -0.2) is 4.79 Å². The third kappa shape index (κ3) is 3.59. The fourth-order valence-corrected chi connectivity index (χ4v) is 5.20. The van der Waals surface area contributed by atoms with E-state index >= 15 is 0 Å². The standard InChI is InChI=1S/C22H22N2O5S/c1-3-29-22(28)12-5-7-13(8-6-12)23-19(26)17-18(25)16-14-9-4-11(2)10-15(14)30-21(16)24-20(17)27/h5-8,11H,3-4,9-10H2,1-2H3,(H,23,26)(H2,24,25,27)/t11-/m1/s1. The number of ether oxygens (including phenoxy) is 1. The molecule has 1 aliphatic rings. The first-order valence-electron chi connectivity index (χ1n) is 9.87. The Bertz CT molecular complexity index is 1190. The summed E-state index contributed by atoms with van der Waals surface area (Å²) in [5.41, 5.74) is 0.836. The minimum atomic E-state index is -0.705. The largest absolute Gasteiger partial charge is 0.506 e. The highest BCUT2D eigenvalue weighted by Gasteiger charge is 2.27. The van der Waals surface area contributed by atoms with Crippen molar-refractivity contribution >= 4 is 39.1 Å². The van der Waals surface area contributed by atoms with Crippen LogP contribution in [-0.2, 0) is 17.6 Å². The molecule has 0 saturated carbocycles. The molecule has 0 aliphatic heterocycles. The predicted octanol–water partition coefficient (Wildman–Crippen LogP) is 3.85. The number of aryl methyl sites for hydroxylation is 1. The van der Waals surface area contributed by atoms with Gasteiger partial charge in [0.05, 0.1) is 17.6 Å². The summed E-state index contributed by atoms with van der Waals surface area (Å²) in [6.45, 7) is 4.17. The third-order valence-electron chi connectivity index (χ3n) is 5.32. The highest BCUT2D eigenvalue weighted by Crippen LogP contribution is 2.41. The molecule has 4 rings (SSSR count). The number of anilines is 1. The molecule has 0 radical (unpaired) electrons. The number of fused-ring (bicyclic) bond motifs is 3. The maximum Gasteiger partial charge on any atom is 0.338 e. The number of carbonyl (C=O) groups is 2. The molecule has 8 heteroatoms. The van der Waals surface area contributed by atoms with Gasteiger partial charge in [0, 0.05) is 10.6 Å². The lowest BCUT2D eigenvalue weighted by Crippen LogP contribution is -2.23. The number of thiophene rings is 1. The second-order valence-corrected chi connectivity index (χ2v) is 8.59. The first-order valence-corrected chi connectivity index (χ1v) is 10.7. The molecule has 0 bridgehead atoms. The number of aromatic hydroxyl groups is 1. The molecule has 3 N–H and O–H groups in total. The zero-order chi connectivity index (χ0) is 21.4. The fraction of sp³-hybridized carbons (Fsp3) is 0.318. The molecule has 7 nitrogen and oxygen atoms in total. The van der Waals surface area contributed by atoms with E-state index in [-0.39, 0.29) is 17.9 Å². The van der Waals surface area contributed by atoms with E-state index in [4.69, 9.17) is 4.74 Å². The number of rotatable bonds is 4. The molecule has 0 unspecified atom stereocenters. The normalized spacial score (nSPS) is 15.6. The highest BCUT2D eigenvalue weighted by molar-refractivity contribution is 7.18. The number of amides is 1. The van der Waals surface area contributed by atoms with Crippen molar-refractivity contribution in [1.29, 1.82) is 0 Å². The van der Waals surface area contributed by atoms with Crippen LogP contribution in [-0.4, -0.2) is 28.6 Å². The van der Waals surface area contributed by atoms with Gasteiger partial charge in [-0.3, -0.25) is 9.59 Å². The molecular formula is C22H22N2O5S. The van der Waals surface area contributed by atoms with Crippen molar-refractivity contribution in [1.82, 2.24) is 4.98 Å². The van der Waals surface area contributed by atoms with Crippen molar-refractivity contribution in [3.8, 4) is 5.75 Å². The quantitative estimate of drug-likeness (QED) is 0.549. The van der Waals surface area contributed by atoms with Crippen molar-refractivity contribution in [2.75, 3.05) is 11.9 Å². The number of hydrogen-bond acceptors (Lipinski definition) is 6. The number of esters is 1. The summed E-state index contributed by atoms with van der Waals surface area (Å²) >= 11 is 1.47. The summed E-state index contributed by atoms with van der Waals surface area (Å²) in [7, 11) is 0. The molecule has 2 heterocycles. The van der Waals surface area contributed by atoms with Gasteiger partial charge < -0.3 is 20.1 Å². The van der Waals surface area contributed by atoms with Crippen molar-refractivity contribution in [3.05, 3.63) is 56.2 Å². The molecule has 2 aromatic heterocycles. The number of H-pyrrole nitrogens is 1.